The maximum Gasteiger partial charge on any atom is 0.229 e. The molecule has 0 amide bonds. The summed E-state index contributed by atoms with van der Waals surface area (Å²) in [4.78, 5) is 17.4. The van der Waals surface area contributed by atoms with E-state index in [1.54, 1.807) is 0 Å². The van der Waals surface area contributed by atoms with E-state index in [0.717, 1.165) is 24.7 Å². The van der Waals surface area contributed by atoms with Crippen molar-refractivity contribution in [2.24, 2.45) is 0 Å². The van der Waals surface area contributed by atoms with Gasteiger partial charge in [0.15, 0.2) is 5.82 Å². The van der Waals surface area contributed by atoms with Gasteiger partial charge in [-0.25, -0.2) is 0 Å². The van der Waals surface area contributed by atoms with Gasteiger partial charge in [0.2, 0.25) is 11.9 Å². The summed E-state index contributed by atoms with van der Waals surface area (Å²) in [7, 11) is 3.82. The summed E-state index contributed by atoms with van der Waals surface area (Å²) in [5.74, 6) is 2.73. The predicted molar refractivity (Wildman–Crippen MR) is 100 cm³/mol. The Morgan fingerprint density at radius 3 is 2.67 bits per heavy atom. The Labute approximate surface area is 147 Å². The lowest BCUT2D eigenvalue weighted by Gasteiger charge is -2.36. The van der Waals surface area contributed by atoms with Gasteiger partial charge in [-0.15, -0.1) is 0 Å². The van der Waals surface area contributed by atoms with Crippen molar-refractivity contribution in [3.05, 3.63) is 41.7 Å². The Morgan fingerprint density at radius 1 is 1.21 bits per heavy atom. The van der Waals surface area contributed by atoms with E-state index in [2.05, 4.69) is 57.1 Å². The van der Waals surface area contributed by atoms with E-state index in [9.17, 15) is 0 Å². The van der Waals surface area contributed by atoms with Crippen LogP contribution in [0, 0.1) is 0 Å². The predicted octanol–water partition coefficient (Wildman–Crippen LogP) is 2.37. The molecule has 2 atom stereocenters. The monoisotopic (exact) mass is 344 g/mol. The number of anilines is 2. The SMILES string of the molecule is C[C@H](c1nc(N)nc(N(C)C)n1)N1CCS[C@@H](c2ccccc2)C1. The zero-order valence-electron chi connectivity index (χ0n) is 14.4. The molecule has 6 nitrogen and oxygen atoms in total. The summed E-state index contributed by atoms with van der Waals surface area (Å²) in [6.07, 6.45) is 0. The zero-order chi connectivity index (χ0) is 17.1. The fourth-order valence-corrected chi connectivity index (χ4v) is 4.11. The quantitative estimate of drug-likeness (QED) is 0.913. The Kier molecular flexibility index (Phi) is 5.20. The van der Waals surface area contributed by atoms with Crippen molar-refractivity contribution < 1.29 is 0 Å². The van der Waals surface area contributed by atoms with E-state index in [1.807, 2.05) is 30.8 Å². The third-order valence-corrected chi connectivity index (χ3v) is 5.49. The largest absolute Gasteiger partial charge is 0.368 e. The third-order valence-electron chi connectivity index (χ3n) is 4.25. The Hall–Kier alpha value is -1.86. The van der Waals surface area contributed by atoms with E-state index in [-0.39, 0.29) is 12.0 Å². The fraction of sp³-hybridized carbons (Fsp3) is 0.471. The summed E-state index contributed by atoms with van der Waals surface area (Å²) in [5, 5.41) is 0.481. The lowest BCUT2D eigenvalue weighted by molar-refractivity contribution is 0.210. The van der Waals surface area contributed by atoms with Gasteiger partial charge in [-0.05, 0) is 12.5 Å². The van der Waals surface area contributed by atoms with Gasteiger partial charge < -0.3 is 10.6 Å². The number of rotatable bonds is 4. The van der Waals surface area contributed by atoms with Crippen LogP contribution in [-0.2, 0) is 0 Å². The van der Waals surface area contributed by atoms with E-state index in [0.29, 0.717) is 11.2 Å². The molecule has 2 heterocycles. The zero-order valence-corrected chi connectivity index (χ0v) is 15.2. The van der Waals surface area contributed by atoms with Gasteiger partial charge >= 0.3 is 0 Å². The number of nitrogens with two attached hydrogens (primary N) is 1. The van der Waals surface area contributed by atoms with Crippen LogP contribution in [0.2, 0.25) is 0 Å². The molecule has 1 saturated heterocycles. The van der Waals surface area contributed by atoms with Crippen LogP contribution in [0.25, 0.3) is 0 Å². The molecule has 2 N–H and O–H groups in total. The van der Waals surface area contributed by atoms with Crippen molar-refractivity contribution in [2.45, 2.75) is 18.2 Å². The number of aromatic nitrogens is 3. The first kappa shape index (κ1) is 17.0. The highest BCUT2D eigenvalue weighted by Gasteiger charge is 2.27. The molecule has 0 spiro atoms. The molecule has 1 aromatic heterocycles. The van der Waals surface area contributed by atoms with Crippen LogP contribution >= 0.6 is 11.8 Å². The van der Waals surface area contributed by atoms with Crippen LogP contribution in [0.3, 0.4) is 0 Å². The van der Waals surface area contributed by atoms with E-state index in [4.69, 9.17) is 5.73 Å². The molecule has 1 aliphatic rings. The van der Waals surface area contributed by atoms with Crippen molar-refractivity contribution in [1.29, 1.82) is 0 Å². The smallest absolute Gasteiger partial charge is 0.229 e. The van der Waals surface area contributed by atoms with Gasteiger partial charge in [0.05, 0.1) is 6.04 Å². The normalized spacial score (nSPS) is 19.9. The molecule has 1 aliphatic heterocycles. The van der Waals surface area contributed by atoms with Gasteiger partial charge in [-0.3, -0.25) is 4.90 Å². The number of thioether (sulfide) groups is 1. The fourth-order valence-electron chi connectivity index (χ4n) is 2.84. The molecule has 128 valence electrons. The van der Waals surface area contributed by atoms with E-state index < -0.39 is 0 Å². The molecular formula is C17H24N6S. The number of nitrogens with zero attached hydrogens (tertiary/aromatic N) is 5. The van der Waals surface area contributed by atoms with Crippen molar-refractivity contribution in [2.75, 3.05) is 43.6 Å². The second-order valence-electron chi connectivity index (χ2n) is 6.19. The number of nitrogen functional groups attached to an aromatic ring is 1. The lowest BCUT2D eigenvalue weighted by atomic mass is 10.1. The average molecular weight is 344 g/mol. The summed E-state index contributed by atoms with van der Waals surface area (Å²) < 4.78 is 0. The van der Waals surface area contributed by atoms with Crippen LogP contribution in [0.4, 0.5) is 11.9 Å². The minimum atomic E-state index is 0.112. The van der Waals surface area contributed by atoms with Crippen molar-refractivity contribution in [1.82, 2.24) is 19.9 Å². The highest BCUT2D eigenvalue weighted by atomic mass is 32.2. The molecule has 1 fully saturated rings. The van der Waals surface area contributed by atoms with Crippen molar-refractivity contribution >= 4 is 23.7 Å². The third kappa shape index (κ3) is 3.79. The van der Waals surface area contributed by atoms with Gasteiger partial charge in [0, 0.05) is 38.2 Å². The molecule has 0 bridgehead atoms. The first-order valence-corrected chi connectivity index (χ1v) is 9.19. The highest BCUT2D eigenvalue weighted by molar-refractivity contribution is 7.99. The second kappa shape index (κ2) is 7.36. The molecule has 0 radical (unpaired) electrons. The number of hydrogen-bond donors (Lipinski definition) is 1. The molecule has 0 saturated carbocycles. The van der Waals surface area contributed by atoms with E-state index >= 15 is 0 Å². The van der Waals surface area contributed by atoms with E-state index in [1.165, 1.54) is 5.56 Å². The molecule has 1 aromatic carbocycles. The summed E-state index contributed by atoms with van der Waals surface area (Å²) >= 11 is 2.02. The maximum absolute atomic E-state index is 5.87. The molecule has 7 heteroatoms. The average Bonchev–Trinajstić information content (AvgIpc) is 2.61. The van der Waals surface area contributed by atoms with Crippen LogP contribution in [0.1, 0.15) is 29.6 Å². The topological polar surface area (TPSA) is 71.2 Å². The van der Waals surface area contributed by atoms with Crippen LogP contribution in [-0.4, -0.2) is 52.8 Å². The highest BCUT2D eigenvalue weighted by Crippen LogP contribution is 2.35. The first-order chi connectivity index (χ1) is 11.5. The van der Waals surface area contributed by atoms with Crippen LogP contribution in [0.5, 0.6) is 0 Å². The van der Waals surface area contributed by atoms with Gasteiger partial charge in [-0.1, -0.05) is 30.3 Å². The lowest BCUT2D eigenvalue weighted by Crippen LogP contribution is -2.37. The summed E-state index contributed by atoms with van der Waals surface area (Å²) in [5.41, 5.74) is 7.25. The summed E-state index contributed by atoms with van der Waals surface area (Å²) in [6, 6.07) is 10.8. The Morgan fingerprint density at radius 2 is 1.96 bits per heavy atom. The Balaban J connectivity index is 1.78. The van der Waals surface area contributed by atoms with Crippen molar-refractivity contribution in [3.63, 3.8) is 0 Å². The second-order valence-corrected chi connectivity index (χ2v) is 7.50. The first-order valence-electron chi connectivity index (χ1n) is 8.14. The van der Waals surface area contributed by atoms with Gasteiger partial charge in [0.25, 0.3) is 0 Å². The van der Waals surface area contributed by atoms with Gasteiger partial charge in [-0.2, -0.15) is 26.7 Å². The molecular weight excluding hydrogens is 320 g/mol. The molecule has 0 aliphatic carbocycles. The minimum absolute atomic E-state index is 0.112. The van der Waals surface area contributed by atoms with Crippen molar-refractivity contribution in [3.8, 4) is 0 Å². The molecule has 2 aromatic rings. The Bertz CT molecular complexity index is 678. The molecule has 3 rings (SSSR count). The summed E-state index contributed by atoms with van der Waals surface area (Å²) in [6.45, 7) is 4.16. The van der Waals surface area contributed by atoms with Crippen LogP contribution < -0.4 is 10.6 Å². The molecule has 0 unspecified atom stereocenters. The number of benzene rings is 1. The van der Waals surface area contributed by atoms with Crippen LogP contribution in [0.15, 0.2) is 30.3 Å². The number of hydrogen-bond acceptors (Lipinski definition) is 7. The minimum Gasteiger partial charge on any atom is -0.368 e. The standard InChI is InChI=1S/C17H24N6S/c1-12(15-19-16(18)21-17(20-15)22(2)3)23-9-10-24-14(11-23)13-7-5-4-6-8-13/h4-8,12,14H,9-11H2,1-3H3,(H2,18,19,20,21)/t12-,14-/m1/s1. The molecule has 24 heavy (non-hydrogen) atoms. The maximum atomic E-state index is 5.87. The van der Waals surface area contributed by atoms with Gasteiger partial charge in [0.1, 0.15) is 0 Å².